The molecule has 0 rings (SSSR count). The molecular formula is C44H91NO. The van der Waals surface area contributed by atoms with E-state index in [1.165, 1.54) is 231 Å². The van der Waals surface area contributed by atoms with Crippen molar-refractivity contribution in [2.45, 2.75) is 259 Å². The molecule has 1 unspecified atom stereocenters. The highest BCUT2D eigenvalue weighted by atomic mass is 16.7. The van der Waals surface area contributed by atoms with E-state index in [-0.39, 0.29) is 0 Å². The van der Waals surface area contributed by atoms with E-state index in [4.69, 9.17) is 4.84 Å². The Hall–Kier alpha value is -0.0800. The highest BCUT2D eigenvalue weighted by Gasteiger charge is 2.11. The van der Waals surface area contributed by atoms with E-state index >= 15 is 0 Å². The topological polar surface area (TPSA) is 12.5 Å². The van der Waals surface area contributed by atoms with Crippen molar-refractivity contribution in [2.24, 2.45) is 5.92 Å². The van der Waals surface area contributed by atoms with Gasteiger partial charge < -0.3 is 0 Å². The molecule has 0 aromatic rings. The van der Waals surface area contributed by atoms with Gasteiger partial charge in [0.05, 0.1) is 6.61 Å². The molecule has 2 heteroatoms. The van der Waals surface area contributed by atoms with Crippen molar-refractivity contribution in [2.75, 3.05) is 19.7 Å². The van der Waals surface area contributed by atoms with E-state index in [2.05, 4.69) is 32.8 Å². The molecule has 1 atom stereocenters. The summed E-state index contributed by atoms with van der Waals surface area (Å²) in [5.41, 5.74) is 0. The Bertz CT molecular complexity index is 486. The van der Waals surface area contributed by atoms with Crippen LogP contribution in [0.25, 0.3) is 0 Å². The summed E-state index contributed by atoms with van der Waals surface area (Å²) in [6, 6.07) is 0. The van der Waals surface area contributed by atoms with Crippen molar-refractivity contribution in [1.82, 2.24) is 5.06 Å². The van der Waals surface area contributed by atoms with Gasteiger partial charge in [0.15, 0.2) is 0 Å². The Labute approximate surface area is 293 Å². The van der Waals surface area contributed by atoms with Crippen LogP contribution in [0.5, 0.6) is 0 Å². The second-order valence-corrected chi connectivity index (χ2v) is 15.2. The first kappa shape index (κ1) is 45.9. The first-order valence-corrected chi connectivity index (χ1v) is 22.2. The summed E-state index contributed by atoms with van der Waals surface area (Å²) in [6.07, 6.45) is 51.2. The van der Waals surface area contributed by atoms with Crippen molar-refractivity contribution in [3.8, 4) is 0 Å². The van der Waals surface area contributed by atoms with Crippen LogP contribution in [0.3, 0.4) is 0 Å². The third-order valence-electron chi connectivity index (χ3n) is 10.6. The zero-order chi connectivity index (χ0) is 33.4. The fraction of sp³-hybridized carbons (Fsp3) is 1.00. The third-order valence-corrected chi connectivity index (χ3v) is 10.6. The van der Waals surface area contributed by atoms with E-state index in [0.717, 1.165) is 25.6 Å². The molecule has 278 valence electrons. The van der Waals surface area contributed by atoms with Gasteiger partial charge in [-0.3, -0.25) is 4.84 Å². The SMILES string of the molecule is CCCCCCCCCCCCCCCCCCN(CCCCCCCCCCCCCCCCCC)OCC(CC)CCCC. The number of hydrogen-bond donors (Lipinski definition) is 0. The lowest BCUT2D eigenvalue weighted by Gasteiger charge is -2.25. The lowest BCUT2D eigenvalue weighted by atomic mass is 10.0. The van der Waals surface area contributed by atoms with Crippen LogP contribution in [0, 0.1) is 5.92 Å². The molecule has 46 heavy (non-hydrogen) atoms. The summed E-state index contributed by atoms with van der Waals surface area (Å²) in [5.74, 6) is 0.735. The molecule has 0 aliphatic carbocycles. The molecule has 0 saturated carbocycles. The lowest BCUT2D eigenvalue weighted by Crippen LogP contribution is -2.29. The maximum Gasteiger partial charge on any atom is 0.0713 e. The molecule has 0 aliphatic heterocycles. The highest BCUT2D eigenvalue weighted by Crippen LogP contribution is 2.17. The molecular weight excluding hydrogens is 558 g/mol. The van der Waals surface area contributed by atoms with Crippen LogP contribution in [0.2, 0.25) is 0 Å². The van der Waals surface area contributed by atoms with Crippen LogP contribution in [0.1, 0.15) is 259 Å². The molecule has 0 N–H and O–H groups in total. The maximum absolute atomic E-state index is 6.47. The summed E-state index contributed by atoms with van der Waals surface area (Å²) in [4.78, 5) is 6.47. The van der Waals surface area contributed by atoms with Gasteiger partial charge in [0, 0.05) is 13.1 Å². The molecule has 0 aromatic heterocycles. The monoisotopic (exact) mass is 650 g/mol. The van der Waals surface area contributed by atoms with Gasteiger partial charge >= 0.3 is 0 Å². The van der Waals surface area contributed by atoms with E-state index in [1.807, 2.05) is 0 Å². The van der Waals surface area contributed by atoms with E-state index < -0.39 is 0 Å². The molecule has 0 saturated heterocycles. The van der Waals surface area contributed by atoms with Crippen molar-refractivity contribution in [3.63, 3.8) is 0 Å². The van der Waals surface area contributed by atoms with Crippen molar-refractivity contribution < 1.29 is 4.84 Å². The Balaban J connectivity index is 3.86. The van der Waals surface area contributed by atoms with Crippen LogP contribution < -0.4 is 0 Å². The minimum Gasteiger partial charge on any atom is -0.299 e. The normalized spacial score (nSPS) is 12.5. The first-order chi connectivity index (χ1) is 22.8. The Morgan fingerprint density at radius 2 is 0.587 bits per heavy atom. The van der Waals surface area contributed by atoms with Gasteiger partial charge in [-0.15, -0.1) is 0 Å². The zero-order valence-electron chi connectivity index (χ0n) is 33.0. The van der Waals surface area contributed by atoms with Gasteiger partial charge in [0.25, 0.3) is 0 Å². The average molecular weight is 650 g/mol. The fourth-order valence-corrected chi connectivity index (χ4v) is 7.02. The summed E-state index contributed by atoms with van der Waals surface area (Å²) >= 11 is 0. The molecule has 0 fully saturated rings. The summed E-state index contributed by atoms with van der Waals surface area (Å²) in [7, 11) is 0. The predicted octanol–water partition coefficient (Wildman–Crippen LogP) is 16.0. The van der Waals surface area contributed by atoms with E-state index in [0.29, 0.717) is 0 Å². The van der Waals surface area contributed by atoms with Gasteiger partial charge in [-0.2, -0.15) is 5.06 Å². The minimum atomic E-state index is 0.735. The second-order valence-electron chi connectivity index (χ2n) is 15.2. The zero-order valence-corrected chi connectivity index (χ0v) is 33.0. The van der Waals surface area contributed by atoms with Gasteiger partial charge in [-0.05, 0) is 25.2 Å². The average Bonchev–Trinajstić information content (AvgIpc) is 3.07. The summed E-state index contributed by atoms with van der Waals surface area (Å²) < 4.78 is 0. The number of hydrogen-bond acceptors (Lipinski definition) is 2. The quantitative estimate of drug-likeness (QED) is 0.0483. The van der Waals surface area contributed by atoms with Crippen LogP contribution in [0.15, 0.2) is 0 Å². The number of hydroxylamine groups is 2. The van der Waals surface area contributed by atoms with Crippen molar-refractivity contribution >= 4 is 0 Å². The standard InChI is InChI=1S/C44H91NO/c1-5-9-12-14-16-18-20-22-24-26-28-30-32-34-36-38-41-45(46-43-44(8-4)40-11-7-3)42-39-37-35-33-31-29-27-25-23-21-19-17-15-13-10-6-2/h44H,5-43H2,1-4H3. The van der Waals surface area contributed by atoms with Crippen LogP contribution >= 0.6 is 0 Å². The second kappa shape index (κ2) is 41.1. The van der Waals surface area contributed by atoms with Gasteiger partial charge in [0.1, 0.15) is 0 Å². The molecule has 0 aliphatic rings. The van der Waals surface area contributed by atoms with E-state index in [1.54, 1.807) is 0 Å². The minimum absolute atomic E-state index is 0.735. The Kier molecular flexibility index (Phi) is 41.0. The van der Waals surface area contributed by atoms with Crippen LogP contribution in [-0.4, -0.2) is 24.8 Å². The molecule has 0 heterocycles. The lowest BCUT2D eigenvalue weighted by molar-refractivity contribution is -0.171. The smallest absolute Gasteiger partial charge is 0.0713 e. The van der Waals surface area contributed by atoms with Gasteiger partial charge in [-0.25, -0.2) is 0 Å². The van der Waals surface area contributed by atoms with Crippen LogP contribution in [-0.2, 0) is 4.84 Å². The molecule has 0 radical (unpaired) electrons. The van der Waals surface area contributed by atoms with Gasteiger partial charge in [0.2, 0.25) is 0 Å². The largest absolute Gasteiger partial charge is 0.299 e. The number of unbranched alkanes of at least 4 members (excludes halogenated alkanes) is 31. The third kappa shape index (κ3) is 36.8. The molecule has 0 aromatic carbocycles. The number of nitrogens with zero attached hydrogens (tertiary/aromatic N) is 1. The molecule has 0 bridgehead atoms. The summed E-state index contributed by atoms with van der Waals surface area (Å²) in [6.45, 7) is 12.5. The summed E-state index contributed by atoms with van der Waals surface area (Å²) in [5, 5.41) is 2.38. The fourth-order valence-electron chi connectivity index (χ4n) is 7.02. The van der Waals surface area contributed by atoms with Crippen molar-refractivity contribution in [1.29, 1.82) is 0 Å². The number of rotatable bonds is 41. The maximum atomic E-state index is 6.47. The Morgan fingerprint density at radius 1 is 0.326 bits per heavy atom. The molecule has 0 spiro atoms. The van der Waals surface area contributed by atoms with Crippen LogP contribution in [0.4, 0.5) is 0 Å². The van der Waals surface area contributed by atoms with Gasteiger partial charge in [-0.1, -0.05) is 240 Å². The van der Waals surface area contributed by atoms with E-state index in [9.17, 15) is 0 Å². The predicted molar refractivity (Wildman–Crippen MR) is 210 cm³/mol. The molecule has 2 nitrogen and oxygen atoms in total. The first-order valence-electron chi connectivity index (χ1n) is 22.2. The Morgan fingerprint density at radius 3 is 0.848 bits per heavy atom. The van der Waals surface area contributed by atoms with Crippen molar-refractivity contribution in [3.05, 3.63) is 0 Å². The molecule has 0 amide bonds. The highest BCUT2D eigenvalue weighted by molar-refractivity contribution is 4.58.